The van der Waals surface area contributed by atoms with Crippen LogP contribution in [0.4, 0.5) is 26.3 Å². The van der Waals surface area contributed by atoms with E-state index in [9.17, 15) is 26.3 Å². The Labute approximate surface area is 80.3 Å². The van der Waals surface area contributed by atoms with Gasteiger partial charge in [0.05, 0.1) is 12.8 Å². The summed E-state index contributed by atoms with van der Waals surface area (Å²) >= 11 is 0. The Balaban J connectivity index is 3.92. The summed E-state index contributed by atoms with van der Waals surface area (Å²) in [7, 11) is 0. The maximum absolute atomic E-state index is 11.6. The van der Waals surface area contributed by atoms with Gasteiger partial charge in [0, 0.05) is 0 Å². The highest BCUT2D eigenvalue weighted by Gasteiger charge is 2.36. The van der Waals surface area contributed by atoms with E-state index in [0.29, 0.717) is 0 Å². The van der Waals surface area contributed by atoms with Crippen molar-refractivity contribution in [1.82, 2.24) is 0 Å². The Hall–Kier alpha value is -0.540. The maximum Gasteiger partial charge on any atom is 0.393 e. The van der Waals surface area contributed by atoms with E-state index in [1.807, 2.05) is 0 Å². The zero-order chi connectivity index (χ0) is 12.3. The van der Waals surface area contributed by atoms with Crippen molar-refractivity contribution in [2.45, 2.75) is 37.8 Å². The minimum atomic E-state index is -4.78. The van der Waals surface area contributed by atoms with Gasteiger partial charge in [-0.2, -0.15) is 26.3 Å². The molecule has 0 radical (unpaired) electrons. The summed E-state index contributed by atoms with van der Waals surface area (Å²) in [5, 5.41) is 17.0. The van der Waals surface area contributed by atoms with Crippen molar-refractivity contribution in [3.63, 3.8) is 0 Å². The minimum absolute atomic E-state index is 1.85. The van der Waals surface area contributed by atoms with E-state index >= 15 is 0 Å². The second-order valence-electron chi connectivity index (χ2n) is 2.68. The fraction of sp³-hybridized carbons (Fsp3) is 1.00. The van der Waals surface area contributed by atoms with Crippen LogP contribution in [0.15, 0.2) is 0 Å². The molecule has 0 aliphatic heterocycles. The molecule has 0 aromatic carbocycles. The SMILES string of the molecule is O[C@H](CC(F)(F)F)O[C@@H](O)CC(F)(F)F. The molecule has 15 heavy (non-hydrogen) atoms. The quantitative estimate of drug-likeness (QED) is 0.580. The van der Waals surface area contributed by atoms with E-state index < -0.39 is 37.8 Å². The fourth-order valence-corrected chi connectivity index (χ4v) is 0.674. The lowest BCUT2D eigenvalue weighted by atomic mass is 10.4. The van der Waals surface area contributed by atoms with Crippen LogP contribution in [-0.4, -0.2) is 35.1 Å². The molecule has 0 rings (SSSR count). The number of alkyl halides is 6. The molecule has 2 atom stereocenters. The molecule has 0 bridgehead atoms. The maximum atomic E-state index is 11.6. The third-order valence-corrected chi connectivity index (χ3v) is 1.13. The average molecular weight is 242 g/mol. The molecule has 0 fully saturated rings. The van der Waals surface area contributed by atoms with Gasteiger partial charge in [0.25, 0.3) is 0 Å². The minimum Gasteiger partial charge on any atom is -0.368 e. The normalized spacial score (nSPS) is 17.6. The van der Waals surface area contributed by atoms with Gasteiger partial charge in [0.2, 0.25) is 0 Å². The molecular weight excluding hydrogens is 234 g/mol. The number of aliphatic hydroxyl groups excluding tert-OH is 2. The molecule has 0 heterocycles. The van der Waals surface area contributed by atoms with Crippen molar-refractivity contribution in [1.29, 1.82) is 0 Å². The van der Waals surface area contributed by atoms with E-state index in [-0.39, 0.29) is 0 Å². The van der Waals surface area contributed by atoms with Gasteiger partial charge in [-0.1, -0.05) is 0 Å². The van der Waals surface area contributed by atoms with Crippen molar-refractivity contribution < 1.29 is 41.3 Å². The first kappa shape index (κ1) is 14.5. The van der Waals surface area contributed by atoms with Gasteiger partial charge in [0.1, 0.15) is 0 Å². The molecule has 0 saturated carbocycles. The van der Waals surface area contributed by atoms with Gasteiger partial charge in [-0.25, -0.2) is 0 Å². The summed E-state index contributed by atoms with van der Waals surface area (Å²) in [6.07, 6.45) is -18.3. The Morgan fingerprint density at radius 1 is 0.800 bits per heavy atom. The van der Waals surface area contributed by atoms with Gasteiger partial charge in [-0.05, 0) is 0 Å². The number of rotatable bonds is 4. The molecule has 9 heteroatoms. The monoisotopic (exact) mass is 242 g/mol. The smallest absolute Gasteiger partial charge is 0.368 e. The first-order chi connectivity index (χ1) is 6.49. The Morgan fingerprint density at radius 2 is 1.07 bits per heavy atom. The molecule has 0 unspecified atom stereocenters. The van der Waals surface area contributed by atoms with E-state index in [1.54, 1.807) is 0 Å². The summed E-state index contributed by atoms with van der Waals surface area (Å²) in [6.45, 7) is 0. The first-order valence-corrected chi connectivity index (χ1v) is 3.65. The summed E-state index contributed by atoms with van der Waals surface area (Å²) < 4.78 is 73.0. The zero-order valence-corrected chi connectivity index (χ0v) is 7.14. The second-order valence-corrected chi connectivity index (χ2v) is 2.68. The fourth-order valence-electron chi connectivity index (χ4n) is 0.674. The van der Waals surface area contributed by atoms with Gasteiger partial charge >= 0.3 is 12.4 Å². The average Bonchev–Trinajstić information content (AvgIpc) is 1.73. The van der Waals surface area contributed by atoms with Crippen molar-refractivity contribution in [2.75, 3.05) is 0 Å². The van der Waals surface area contributed by atoms with Gasteiger partial charge in [-0.15, -0.1) is 0 Å². The lowest BCUT2D eigenvalue weighted by molar-refractivity contribution is -0.273. The molecule has 3 nitrogen and oxygen atoms in total. The summed E-state index contributed by atoms with van der Waals surface area (Å²) in [6, 6.07) is 0. The molecular formula is C6H8F6O3. The summed E-state index contributed by atoms with van der Waals surface area (Å²) in [5.74, 6) is 0. The highest BCUT2D eigenvalue weighted by Crippen LogP contribution is 2.25. The Morgan fingerprint density at radius 3 is 1.27 bits per heavy atom. The van der Waals surface area contributed by atoms with Crippen molar-refractivity contribution >= 4 is 0 Å². The van der Waals surface area contributed by atoms with E-state index in [1.165, 1.54) is 0 Å². The zero-order valence-electron chi connectivity index (χ0n) is 7.14. The number of aliphatic hydroxyl groups is 2. The van der Waals surface area contributed by atoms with Crippen molar-refractivity contribution in [2.24, 2.45) is 0 Å². The lowest BCUT2D eigenvalue weighted by Gasteiger charge is -2.19. The van der Waals surface area contributed by atoms with E-state index in [4.69, 9.17) is 10.2 Å². The van der Waals surface area contributed by atoms with Crippen molar-refractivity contribution in [3.8, 4) is 0 Å². The highest BCUT2D eigenvalue weighted by atomic mass is 19.4. The number of ether oxygens (including phenoxy) is 1. The number of hydrogen-bond donors (Lipinski definition) is 2. The van der Waals surface area contributed by atoms with Gasteiger partial charge < -0.3 is 14.9 Å². The number of hydrogen-bond acceptors (Lipinski definition) is 3. The lowest BCUT2D eigenvalue weighted by Crippen LogP contribution is -2.30. The molecule has 0 aromatic heterocycles. The van der Waals surface area contributed by atoms with Crippen molar-refractivity contribution in [3.05, 3.63) is 0 Å². The molecule has 0 aliphatic carbocycles. The van der Waals surface area contributed by atoms with Gasteiger partial charge in [-0.3, -0.25) is 0 Å². The van der Waals surface area contributed by atoms with Crippen LogP contribution < -0.4 is 0 Å². The van der Waals surface area contributed by atoms with Gasteiger partial charge in [0.15, 0.2) is 12.6 Å². The summed E-state index contributed by atoms with van der Waals surface area (Å²) in [4.78, 5) is 0. The Kier molecular flexibility index (Phi) is 4.81. The molecule has 0 saturated heterocycles. The van der Waals surface area contributed by atoms with Crippen LogP contribution in [0, 0.1) is 0 Å². The largest absolute Gasteiger partial charge is 0.393 e. The van der Waals surface area contributed by atoms with Crippen LogP contribution in [0.25, 0.3) is 0 Å². The summed E-state index contributed by atoms with van der Waals surface area (Å²) in [5.41, 5.74) is 0. The van der Waals surface area contributed by atoms with Crippen LogP contribution in [0.1, 0.15) is 12.8 Å². The third-order valence-electron chi connectivity index (χ3n) is 1.13. The highest BCUT2D eigenvalue weighted by molar-refractivity contribution is 4.57. The second kappa shape index (κ2) is 4.99. The number of halogens is 6. The predicted molar refractivity (Wildman–Crippen MR) is 34.4 cm³/mol. The standard InChI is InChI=1S/C6H8F6O3/c7-5(8,9)1-3(13)15-4(14)2-6(10,11)12/h3-4,13-14H,1-2H2/t3-,4+. The van der Waals surface area contributed by atoms with Crippen LogP contribution in [-0.2, 0) is 4.74 Å². The van der Waals surface area contributed by atoms with Crippen LogP contribution in [0.5, 0.6) is 0 Å². The van der Waals surface area contributed by atoms with Crippen LogP contribution in [0.2, 0.25) is 0 Å². The van der Waals surface area contributed by atoms with Crippen LogP contribution in [0.3, 0.4) is 0 Å². The van der Waals surface area contributed by atoms with Crippen LogP contribution >= 0.6 is 0 Å². The first-order valence-electron chi connectivity index (χ1n) is 3.65. The molecule has 0 amide bonds. The Bertz CT molecular complexity index is 168. The van der Waals surface area contributed by atoms with E-state index in [0.717, 1.165) is 0 Å². The molecule has 0 aromatic rings. The third kappa shape index (κ3) is 9.76. The predicted octanol–water partition coefficient (Wildman–Crippen LogP) is 1.54. The molecule has 2 N–H and O–H groups in total. The molecule has 0 aliphatic rings. The molecule has 92 valence electrons. The molecule has 0 spiro atoms. The van der Waals surface area contributed by atoms with E-state index in [2.05, 4.69) is 4.74 Å². The topological polar surface area (TPSA) is 49.7 Å².